The third kappa shape index (κ3) is 2.54. The lowest BCUT2D eigenvalue weighted by atomic mass is 9.72. The van der Waals surface area contributed by atoms with Gasteiger partial charge in [0.15, 0.2) is 0 Å². The maximum absolute atomic E-state index is 10.1. The van der Waals surface area contributed by atoms with Crippen LogP contribution in [-0.2, 0) is 4.74 Å². The van der Waals surface area contributed by atoms with Crippen molar-refractivity contribution < 1.29 is 14.4 Å². The summed E-state index contributed by atoms with van der Waals surface area (Å²) < 4.78 is 11.7. The lowest BCUT2D eigenvalue weighted by Gasteiger charge is -2.33. The molecule has 0 aromatic carbocycles. The third-order valence-electron chi connectivity index (χ3n) is 5.43. The molecule has 5 nitrogen and oxygen atoms in total. The molecule has 0 radical (unpaired) electrons. The van der Waals surface area contributed by atoms with Crippen LogP contribution in [0.4, 0.5) is 0 Å². The molecule has 3 aliphatic rings. The number of hydrogen-bond acceptors (Lipinski definition) is 4. The smallest absolute Gasteiger partial charge is 0.531 e. The first-order chi connectivity index (χ1) is 11.8. The molecule has 124 valence electrons. The van der Waals surface area contributed by atoms with Crippen LogP contribution in [0.15, 0.2) is 24.4 Å². The molecule has 2 N–H and O–H groups in total. The summed E-state index contributed by atoms with van der Waals surface area (Å²) in [5.41, 5.74) is 3.17. The van der Waals surface area contributed by atoms with E-state index in [1.165, 1.54) is 18.4 Å². The van der Waals surface area contributed by atoms with Crippen molar-refractivity contribution in [3.63, 3.8) is 0 Å². The van der Waals surface area contributed by atoms with Gasteiger partial charge in [-0.15, -0.1) is 0 Å². The number of pyridine rings is 1. The van der Waals surface area contributed by atoms with E-state index >= 15 is 0 Å². The largest absolute Gasteiger partial charge is 0.552 e. The molecule has 24 heavy (non-hydrogen) atoms. The van der Waals surface area contributed by atoms with E-state index in [1.54, 1.807) is 6.20 Å². The first kappa shape index (κ1) is 14.5. The van der Waals surface area contributed by atoms with Crippen LogP contribution in [0, 0.1) is 5.92 Å². The Morgan fingerprint density at radius 3 is 2.67 bits per heavy atom. The minimum absolute atomic E-state index is 0.420. The second kappa shape index (κ2) is 5.64. The van der Waals surface area contributed by atoms with Crippen LogP contribution in [0.5, 0.6) is 5.75 Å². The van der Waals surface area contributed by atoms with Gasteiger partial charge >= 0.3 is 7.12 Å². The molecule has 2 fully saturated rings. The summed E-state index contributed by atoms with van der Waals surface area (Å²) in [6.07, 6.45) is 11.4. The van der Waals surface area contributed by atoms with Crippen LogP contribution in [0.3, 0.4) is 0 Å². The van der Waals surface area contributed by atoms with Crippen LogP contribution in [0.25, 0.3) is 16.6 Å². The van der Waals surface area contributed by atoms with Gasteiger partial charge in [-0.3, -0.25) is 0 Å². The fourth-order valence-electron chi connectivity index (χ4n) is 4.10. The number of aromatic amines is 1. The molecule has 3 heterocycles. The van der Waals surface area contributed by atoms with E-state index in [-0.39, 0.29) is 0 Å². The van der Waals surface area contributed by atoms with Gasteiger partial charge in [0.2, 0.25) is 0 Å². The maximum atomic E-state index is 10.1. The van der Waals surface area contributed by atoms with Crippen LogP contribution < -0.4 is 4.65 Å². The molecule has 0 bridgehead atoms. The number of ether oxygens (including phenoxy) is 1. The third-order valence-corrected chi connectivity index (χ3v) is 5.43. The van der Waals surface area contributed by atoms with Crippen LogP contribution in [0.2, 0.25) is 0 Å². The minimum Gasteiger partial charge on any atom is -0.531 e. The summed E-state index contributed by atoms with van der Waals surface area (Å²) in [6.45, 7) is 0. The van der Waals surface area contributed by atoms with E-state index in [9.17, 15) is 5.02 Å². The second-order valence-electron chi connectivity index (χ2n) is 7.18. The fraction of sp³-hybridized carbons (Fsp3) is 0.500. The van der Waals surface area contributed by atoms with Gasteiger partial charge in [-0.05, 0) is 62.1 Å². The Kier molecular flexibility index (Phi) is 3.42. The Morgan fingerprint density at radius 2 is 1.92 bits per heavy atom. The molecular formula is C18H21BN2O3. The molecule has 0 unspecified atom stereocenters. The number of allylic oxidation sites excluding steroid dienone is 1. The normalized spacial score (nSPS) is 26.9. The van der Waals surface area contributed by atoms with E-state index in [2.05, 4.69) is 9.97 Å². The van der Waals surface area contributed by atoms with Crippen molar-refractivity contribution in [2.45, 2.75) is 50.7 Å². The molecular weight excluding hydrogens is 303 g/mol. The Balaban J connectivity index is 1.44. The number of hydrogen-bond donors (Lipinski definition) is 2. The molecule has 6 heteroatoms. The van der Waals surface area contributed by atoms with E-state index < -0.39 is 7.12 Å². The van der Waals surface area contributed by atoms with Gasteiger partial charge in [-0.1, -0.05) is 0 Å². The standard InChI is InChI=1S/C18H21BN2O3/c22-19-9-15(11-1-3-12(4-2-11)23-13-5-6-13)17-14-7-8-20-18(14)21-10-16(17)24-19/h7-13,22H,1-6H2,(H,20,21)/t11-,12-. The van der Waals surface area contributed by atoms with Gasteiger partial charge in [0.1, 0.15) is 11.4 Å². The van der Waals surface area contributed by atoms with Gasteiger partial charge < -0.3 is 19.4 Å². The predicted octanol–water partition coefficient (Wildman–Crippen LogP) is 3.10. The van der Waals surface area contributed by atoms with Crippen molar-refractivity contribution >= 4 is 23.7 Å². The number of fused-ring (bicyclic) bond motifs is 3. The van der Waals surface area contributed by atoms with E-state index in [0.29, 0.717) is 23.9 Å². The van der Waals surface area contributed by atoms with Gasteiger partial charge in [-0.2, -0.15) is 0 Å². The van der Waals surface area contributed by atoms with Crippen LogP contribution in [0.1, 0.15) is 44.1 Å². The van der Waals surface area contributed by atoms with E-state index in [1.807, 2.05) is 18.2 Å². The number of aromatic nitrogens is 2. The molecule has 0 spiro atoms. The molecule has 0 atom stereocenters. The zero-order valence-electron chi connectivity index (χ0n) is 13.6. The zero-order chi connectivity index (χ0) is 16.1. The highest BCUT2D eigenvalue weighted by molar-refractivity contribution is 6.52. The first-order valence-corrected chi connectivity index (χ1v) is 8.96. The zero-order valence-corrected chi connectivity index (χ0v) is 13.6. The topological polar surface area (TPSA) is 67.4 Å². The van der Waals surface area contributed by atoms with Crippen molar-refractivity contribution in [2.75, 3.05) is 0 Å². The van der Waals surface area contributed by atoms with Crippen molar-refractivity contribution in [3.8, 4) is 5.75 Å². The Bertz CT molecular complexity index is 791. The van der Waals surface area contributed by atoms with Crippen molar-refractivity contribution in [1.29, 1.82) is 0 Å². The lowest BCUT2D eigenvalue weighted by molar-refractivity contribution is 0.0114. The Labute approximate surface area is 141 Å². The summed E-state index contributed by atoms with van der Waals surface area (Å²) in [5, 5.41) is 11.2. The number of nitrogens with one attached hydrogen (secondary N) is 1. The van der Waals surface area contributed by atoms with Crippen molar-refractivity contribution in [3.05, 3.63) is 30.0 Å². The minimum atomic E-state index is -0.883. The highest BCUT2D eigenvalue weighted by Crippen LogP contribution is 2.44. The summed E-state index contributed by atoms with van der Waals surface area (Å²) in [4.78, 5) is 7.54. The predicted molar refractivity (Wildman–Crippen MR) is 92.5 cm³/mol. The molecule has 2 saturated carbocycles. The van der Waals surface area contributed by atoms with Crippen molar-refractivity contribution in [2.24, 2.45) is 5.92 Å². The van der Waals surface area contributed by atoms with E-state index in [4.69, 9.17) is 9.39 Å². The first-order valence-electron chi connectivity index (χ1n) is 8.96. The number of H-pyrrole nitrogens is 1. The molecule has 0 saturated heterocycles. The molecule has 2 aromatic heterocycles. The molecule has 2 aliphatic carbocycles. The Hall–Kier alpha value is -1.79. The fourth-order valence-corrected chi connectivity index (χ4v) is 4.10. The average Bonchev–Trinajstić information content (AvgIpc) is 3.27. The summed E-state index contributed by atoms with van der Waals surface area (Å²) >= 11 is 0. The summed E-state index contributed by atoms with van der Waals surface area (Å²) in [5.74, 6) is 3.01. The van der Waals surface area contributed by atoms with Gasteiger partial charge in [-0.25, -0.2) is 4.98 Å². The molecule has 2 aromatic rings. The van der Waals surface area contributed by atoms with Crippen LogP contribution in [-0.4, -0.2) is 34.3 Å². The molecule has 0 amide bonds. The lowest BCUT2D eigenvalue weighted by Crippen LogP contribution is -2.28. The summed E-state index contributed by atoms with van der Waals surface area (Å²) in [7, 11) is -0.883. The monoisotopic (exact) mass is 324 g/mol. The van der Waals surface area contributed by atoms with E-state index in [0.717, 1.165) is 42.3 Å². The summed E-state index contributed by atoms with van der Waals surface area (Å²) in [6, 6.07) is 2.04. The van der Waals surface area contributed by atoms with Gasteiger partial charge in [0, 0.05) is 17.1 Å². The Morgan fingerprint density at radius 1 is 1.17 bits per heavy atom. The molecule has 5 rings (SSSR count). The number of nitrogens with zero attached hydrogens (tertiary/aromatic N) is 1. The quantitative estimate of drug-likeness (QED) is 0.852. The second-order valence-corrected chi connectivity index (χ2v) is 7.18. The van der Waals surface area contributed by atoms with Gasteiger partial charge in [0.05, 0.1) is 18.4 Å². The van der Waals surface area contributed by atoms with Crippen molar-refractivity contribution in [1.82, 2.24) is 9.97 Å². The van der Waals surface area contributed by atoms with Gasteiger partial charge in [0.25, 0.3) is 0 Å². The average molecular weight is 324 g/mol. The number of rotatable bonds is 3. The highest BCUT2D eigenvalue weighted by atomic mass is 16.5. The van der Waals surface area contributed by atoms with Crippen LogP contribution >= 0.6 is 0 Å². The maximum Gasteiger partial charge on any atom is 0.552 e. The SMILES string of the molecule is OB1C=C([C@H]2CC[C@H](OC3CC3)CC2)c2c(cnc3[nH]ccc23)O1. The molecule has 1 aliphatic heterocycles. The highest BCUT2D eigenvalue weighted by Gasteiger charge is 2.34.